The molecule has 0 fully saturated rings. The van der Waals surface area contributed by atoms with Gasteiger partial charge in [-0.05, 0) is 277 Å². The van der Waals surface area contributed by atoms with Crippen molar-refractivity contribution < 1.29 is 0 Å². The third-order valence-electron chi connectivity index (χ3n) is 26.9. The summed E-state index contributed by atoms with van der Waals surface area (Å²) in [6, 6.07) is 118. The van der Waals surface area contributed by atoms with Gasteiger partial charge in [0.2, 0.25) is 0 Å². The summed E-state index contributed by atoms with van der Waals surface area (Å²) < 4.78 is 0. The van der Waals surface area contributed by atoms with E-state index in [1.54, 1.807) is 0 Å². The molecule has 0 bridgehead atoms. The van der Waals surface area contributed by atoms with Crippen LogP contribution < -0.4 is 9.80 Å². The van der Waals surface area contributed by atoms with Gasteiger partial charge in [-0.25, -0.2) is 0 Å². The fourth-order valence-electron chi connectivity index (χ4n) is 19.4. The summed E-state index contributed by atoms with van der Waals surface area (Å²) in [5.74, 6) is 0. The van der Waals surface area contributed by atoms with Gasteiger partial charge in [0.1, 0.15) is 10.0 Å². The lowest BCUT2D eigenvalue weighted by Gasteiger charge is -2.23. The molecular weight excluding hydrogens is 1950 g/mol. The third kappa shape index (κ3) is 23.9. The zero-order valence-electron chi connectivity index (χ0n) is 81.7. The molecule has 718 valence electrons. The molecule has 20 rings (SSSR count). The molecule has 0 aliphatic heterocycles. The Bertz CT molecular complexity index is 7000. The van der Waals surface area contributed by atoms with Crippen molar-refractivity contribution in [2.24, 2.45) is 9.98 Å². The summed E-state index contributed by atoms with van der Waals surface area (Å²) >= 11 is 23.3. The van der Waals surface area contributed by atoms with E-state index in [4.69, 9.17) is 9.98 Å². The van der Waals surface area contributed by atoms with Crippen molar-refractivity contribution in [1.29, 1.82) is 0 Å². The zero-order chi connectivity index (χ0) is 96.1. The number of rotatable bonds is 49. The minimum atomic E-state index is 0.918. The van der Waals surface area contributed by atoms with Gasteiger partial charge in [-0.2, -0.15) is 0 Å². The number of para-hydroxylation sites is 4. The molecule has 8 aromatic carbocycles. The topological polar surface area (TPSA) is 31.2 Å². The van der Waals surface area contributed by atoms with Crippen molar-refractivity contribution >= 4 is 214 Å². The first-order valence-corrected chi connectivity index (χ1v) is 61.3. The van der Waals surface area contributed by atoms with Crippen LogP contribution in [0, 0.1) is 0 Å². The molecular formula is C126H122N4S12. The quantitative estimate of drug-likeness (QED) is 0.0281. The molecule has 0 radical (unpaired) electrons. The molecule has 0 aliphatic carbocycles. The van der Waals surface area contributed by atoms with E-state index in [0.29, 0.717) is 0 Å². The monoisotopic (exact) mass is 2070 g/mol. The Morgan fingerprint density at radius 1 is 0.204 bits per heavy atom. The predicted molar refractivity (Wildman–Crippen MR) is 641 cm³/mol. The molecule has 0 amide bonds. The molecule has 12 aromatic heterocycles. The van der Waals surface area contributed by atoms with Crippen LogP contribution in [0.2, 0.25) is 0 Å². The van der Waals surface area contributed by atoms with Crippen molar-refractivity contribution in [2.45, 2.75) is 207 Å². The highest BCUT2D eigenvalue weighted by atomic mass is 32.1. The summed E-state index contributed by atoms with van der Waals surface area (Å²) in [5, 5.41) is 7.07. The van der Waals surface area contributed by atoms with E-state index in [0.717, 1.165) is 91.5 Å². The third-order valence-corrected chi connectivity index (χ3v) is 42.0. The minimum absolute atomic E-state index is 0.918. The molecule has 12 heterocycles. The summed E-state index contributed by atoms with van der Waals surface area (Å²) in [4.78, 5) is 45.3. The van der Waals surface area contributed by atoms with Crippen LogP contribution in [0.15, 0.2) is 325 Å². The SMILES string of the molecule is CCCCCCCCc1cc(-c2cc(CCCCCCCC)c(-c3ccc(-c4ccc(N(c5ccccc5)c5ccccc5)s4)s3)s2)sc1-c1ccc(-c2ccc(C=Nc3ccc4ccccc4c3-c3c(N=Cc4ccc(-c5ccc(-c6sc(-c7cc(CCCCCCCC)c(-c8ccc(-c9ccc(N(c%10ccccc%10)c%10ccccc%10)s9)s8)s7)cc6CCCCCCCC)s5)s4)ccc4ccccc34)s2)s1. The van der Waals surface area contributed by atoms with E-state index in [2.05, 4.69) is 365 Å². The van der Waals surface area contributed by atoms with Crippen LogP contribution in [-0.4, -0.2) is 12.4 Å². The van der Waals surface area contributed by atoms with E-state index in [1.807, 2.05) is 136 Å². The molecule has 0 saturated heterocycles. The number of anilines is 6. The molecule has 0 aliphatic rings. The number of fused-ring (bicyclic) bond motifs is 2. The molecule has 0 saturated carbocycles. The number of benzene rings is 8. The fraction of sp³-hybridized carbons (Fsp3) is 0.254. The summed E-state index contributed by atoms with van der Waals surface area (Å²) in [6.07, 6.45) is 39.4. The van der Waals surface area contributed by atoms with Crippen molar-refractivity contribution in [1.82, 2.24) is 0 Å². The number of nitrogens with zero attached hydrogens (tertiary/aromatic N) is 4. The van der Waals surface area contributed by atoms with Gasteiger partial charge >= 0.3 is 0 Å². The molecule has 0 unspecified atom stereocenters. The molecule has 0 atom stereocenters. The number of hydrogen-bond donors (Lipinski definition) is 0. The molecule has 0 N–H and O–H groups in total. The number of hydrogen-bond acceptors (Lipinski definition) is 16. The second-order valence-electron chi connectivity index (χ2n) is 37.2. The minimum Gasteiger partial charge on any atom is -0.302 e. The molecule has 0 spiro atoms. The standard InChI is InChI=1S/C126H122N4S12/c1-5-9-13-17-21-29-47-89-81-115(117-83-91(49-31-23-19-15-11-7-3)125(141-117)113-75-71-107(135-113)109-77-79-119(137-109)129(93-51-33-25-34-52-93)94-53-35-26-36-54-94)139-123(89)111-73-69-105(133-111)103-67-63-97(131-103)85-127-101-65-61-87-45-41-43-59-99(87)121(101)122-100-60-44-42-46-88(100)62-66-102(122)128-86-98-64-68-104(132-98)106-70-74-112(134-106)124-90(48-30-22-18-14-10-6-2)82-116(140-124)118-84-92(50-32-24-20-16-12-8-4)126(142-118)114-76-72-108(136-114)110-78-80-120(138-110)130(95-55-37-27-38-56-95)96-57-39-28-40-58-96/h25-28,33-46,51-86H,5-24,29-32,47-50H2,1-4H3. The molecule has 142 heavy (non-hydrogen) atoms. The lowest BCUT2D eigenvalue weighted by molar-refractivity contribution is 0.608. The van der Waals surface area contributed by atoms with Gasteiger partial charge in [-0.1, -0.05) is 290 Å². The Morgan fingerprint density at radius 2 is 0.451 bits per heavy atom. The second-order valence-corrected chi connectivity index (χ2v) is 50.1. The number of aliphatic imine (C=N–C) groups is 2. The van der Waals surface area contributed by atoms with E-state index in [1.165, 1.54) is 295 Å². The van der Waals surface area contributed by atoms with Crippen LogP contribution in [-0.2, 0) is 25.7 Å². The van der Waals surface area contributed by atoms with E-state index >= 15 is 0 Å². The van der Waals surface area contributed by atoms with Gasteiger partial charge in [0.15, 0.2) is 0 Å². The lowest BCUT2D eigenvalue weighted by Crippen LogP contribution is -2.07. The normalized spacial score (nSPS) is 11.8. The van der Waals surface area contributed by atoms with Crippen molar-refractivity contribution in [2.75, 3.05) is 9.80 Å². The van der Waals surface area contributed by atoms with Crippen LogP contribution >= 0.6 is 136 Å². The van der Waals surface area contributed by atoms with E-state index < -0.39 is 0 Å². The van der Waals surface area contributed by atoms with Crippen LogP contribution in [0.4, 0.5) is 44.1 Å². The zero-order valence-corrected chi connectivity index (χ0v) is 91.5. The average molecular weight is 2080 g/mol. The summed E-state index contributed by atoms with van der Waals surface area (Å²) in [5.41, 5.74) is 14.7. The summed E-state index contributed by atoms with van der Waals surface area (Å²) in [6.45, 7) is 9.28. The van der Waals surface area contributed by atoms with Crippen LogP contribution in [0.5, 0.6) is 0 Å². The van der Waals surface area contributed by atoms with Gasteiger partial charge in [0.25, 0.3) is 0 Å². The van der Waals surface area contributed by atoms with Gasteiger partial charge < -0.3 is 9.80 Å². The first kappa shape index (κ1) is 99.0. The van der Waals surface area contributed by atoms with Gasteiger partial charge in [-0.15, -0.1) is 136 Å². The lowest BCUT2D eigenvalue weighted by atomic mass is 9.91. The number of thiophene rings is 12. The van der Waals surface area contributed by atoms with Crippen molar-refractivity contribution in [3.05, 3.63) is 347 Å². The Hall–Kier alpha value is -10.4. The number of unbranched alkanes of at least 4 members (excludes halogenated alkanes) is 20. The Kier molecular flexibility index (Phi) is 34.2. The second kappa shape index (κ2) is 49.0. The first-order valence-electron chi connectivity index (χ1n) is 51.5. The van der Waals surface area contributed by atoms with Gasteiger partial charge in [0, 0.05) is 154 Å². The fourth-order valence-corrected chi connectivity index (χ4v) is 33.3. The van der Waals surface area contributed by atoms with Gasteiger partial charge in [0.05, 0.1) is 11.4 Å². The highest BCUT2D eigenvalue weighted by Gasteiger charge is 2.27. The van der Waals surface area contributed by atoms with Gasteiger partial charge in [-0.3, -0.25) is 9.98 Å². The Balaban J connectivity index is 0.562. The average Bonchev–Trinajstić information content (AvgIpc) is 1.15. The van der Waals surface area contributed by atoms with Crippen LogP contribution in [0.25, 0.3) is 130 Å². The maximum absolute atomic E-state index is 5.54. The molecule has 4 nitrogen and oxygen atoms in total. The highest BCUT2D eigenvalue weighted by molar-refractivity contribution is 7.32. The van der Waals surface area contributed by atoms with E-state index in [-0.39, 0.29) is 0 Å². The predicted octanol–water partition coefficient (Wildman–Crippen LogP) is 45.1. The number of aryl methyl sites for hydroxylation is 4. The van der Waals surface area contributed by atoms with Crippen molar-refractivity contribution in [3.8, 4) is 109 Å². The van der Waals surface area contributed by atoms with Crippen molar-refractivity contribution in [3.63, 3.8) is 0 Å². The van der Waals surface area contributed by atoms with Crippen LogP contribution in [0.3, 0.4) is 0 Å². The largest absolute Gasteiger partial charge is 0.302 e. The maximum Gasteiger partial charge on any atom is 0.101 e. The Labute approximate surface area is 888 Å². The van der Waals surface area contributed by atoms with Crippen LogP contribution in [0.1, 0.15) is 214 Å². The highest BCUT2D eigenvalue weighted by Crippen LogP contribution is 2.56. The molecule has 16 heteroatoms. The van der Waals surface area contributed by atoms with E-state index in [9.17, 15) is 0 Å². The summed E-state index contributed by atoms with van der Waals surface area (Å²) in [7, 11) is 0. The molecule has 20 aromatic rings. The Morgan fingerprint density at radius 3 is 0.754 bits per heavy atom. The smallest absolute Gasteiger partial charge is 0.101 e. The first-order chi connectivity index (χ1) is 70.2. The maximum atomic E-state index is 5.54.